The number of amides is 1. The zero-order valence-corrected chi connectivity index (χ0v) is 11.8. The first-order valence-electron chi connectivity index (χ1n) is 6.48. The van der Waals surface area contributed by atoms with Gasteiger partial charge in [0.1, 0.15) is 5.69 Å². The highest BCUT2D eigenvalue weighted by Gasteiger charge is 2.37. The number of carbonyl (C=O) groups is 1. The molecule has 2 rings (SSSR count). The Morgan fingerprint density at radius 2 is 2.30 bits per heavy atom. The summed E-state index contributed by atoms with van der Waals surface area (Å²) in [6, 6.07) is 2.68. The second kappa shape index (κ2) is 5.66. The number of nitrogen functional groups attached to an aromatic ring is 1. The molecule has 7 heteroatoms. The van der Waals surface area contributed by atoms with Crippen LogP contribution in [0.15, 0.2) is 12.1 Å². The van der Waals surface area contributed by atoms with Gasteiger partial charge in [0, 0.05) is 17.7 Å². The maximum absolute atomic E-state index is 12.1. The Morgan fingerprint density at radius 3 is 2.90 bits per heavy atom. The quantitative estimate of drug-likeness (QED) is 0.496. The molecule has 1 aliphatic carbocycles. The highest BCUT2D eigenvalue weighted by molar-refractivity contribution is 6.34. The molecule has 1 fully saturated rings. The molecule has 1 aromatic rings. The van der Waals surface area contributed by atoms with Crippen LogP contribution in [0.25, 0.3) is 0 Å². The predicted octanol–water partition coefficient (Wildman–Crippen LogP) is 2.75. The average Bonchev–Trinajstić information content (AvgIpc) is 3.10. The Labute approximate surface area is 121 Å². The molecule has 2 unspecified atom stereocenters. The van der Waals surface area contributed by atoms with Crippen molar-refractivity contribution in [2.24, 2.45) is 5.92 Å². The van der Waals surface area contributed by atoms with Crippen LogP contribution in [0.4, 0.5) is 11.4 Å². The first-order valence-corrected chi connectivity index (χ1v) is 6.86. The number of nitrogens with one attached hydrogen (secondary N) is 1. The predicted molar refractivity (Wildman–Crippen MR) is 76.8 cm³/mol. The van der Waals surface area contributed by atoms with Crippen molar-refractivity contribution in [3.8, 4) is 0 Å². The van der Waals surface area contributed by atoms with Crippen LogP contribution in [0, 0.1) is 16.0 Å². The minimum Gasteiger partial charge on any atom is -0.392 e. The molecule has 20 heavy (non-hydrogen) atoms. The third-order valence-electron chi connectivity index (χ3n) is 3.47. The van der Waals surface area contributed by atoms with Gasteiger partial charge in [0.15, 0.2) is 0 Å². The largest absolute Gasteiger partial charge is 0.392 e. The molecule has 0 spiro atoms. The summed E-state index contributed by atoms with van der Waals surface area (Å²) in [4.78, 5) is 22.3. The van der Waals surface area contributed by atoms with Crippen molar-refractivity contribution in [1.82, 2.24) is 5.32 Å². The maximum atomic E-state index is 12.1. The van der Waals surface area contributed by atoms with Gasteiger partial charge in [-0.1, -0.05) is 24.9 Å². The zero-order valence-electron chi connectivity index (χ0n) is 11.1. The van der Waals surface area contributed by atoms with Crippen molar-refractivity contribution in [3.05, 3.63) is 32.8 Å². The van der Waals surface area contributed by atoms with Crippen LogP contribution in [0.3, 0.4) is 0 Å². The van der Waals surface area contributed by atoms with Gasteiger partial charge in [-0.15, -0.1) is 0 Å². The summed E-state index contributed by atoms with van der Waals surface area (Å²) in [7, 11) is 0. The van der Waals surface area contributed by atoms with Crippen LogP contribution in [0.5, 0.6) is 0 Å². The van der Waals surface area contributed by atoms with E-state index in [0.29, 0.717) is 5.92 Å². The summed E-state index contributed by atoms with van der Waals surface area (Å²) in [5, 5.41) is 13.7. The molecule has 0 aromatic heterocycles. The van der Waals surface area contributed by atoms with Crippen molar-refractivity contribution < 1.29 is 9.72 Å². The topological polar surface area (TPSA) is 98.3 Å². The molecule has 1 aliphatic rings. The van der Waals surface area contributed by atoms with E-state index in [9.17, 15) is 14.9 Å². The first kappa shape index (κ1) is 14.6. The molecule has 0 saturated heterocycles. The molecule has 0 aliphatic heterocycles. The average molecular weight is 298 g/mol. The number of nitrogens with zero attached hydrogens (tertiary/aromatic N) is 1. The summed E-state index contributed by atoms with van der Waals surface area (Å²) >= 11 is 5.83. The highest BCUT2D eigenvalue weighted by Crippen LogP contribution is 2.35. The van der Waals surface area contributed by atoms with Crippen molar-refractivity contribution >= 4 is 28.9 Å². The maximum Gasteiger partial charge on any atom is 0.294 e. The fourth-order valence-corrected chi connectivity index (χ4v) is 2.47. The second-order valence-electron chi connectivity index (χ2n) is 5.01. The lowest BCUT2D eigenvalue weighted by molar-refractivity contribution is -0.383. The van der Waals surface area contributed by atoms with Crippen molar-refractivity contribution in [3.63, 3.8) is 0 Å². The number of anilines is 1. The number of nitrogens with two attached hydrogens (primary N) is 1. The first-order chi connectivity index (χ1) is 9.43. The number of benzene rings is 1. The van der Waals surface area contributed by atoms with Gasteiger partial charge in [-0.2, -0.15) is 0 Å². The van der Waals surface area contributed by atoms with Gasteiger partial charge in [-0.3, -0.25) is 14.9 Å². The summed E-state index contributed by atoms with van der Waals surface area (Å²) < 4.78 is 0. The van der Waals surface area contributed by atoms with E-state index in [-0.39, 0.29) is 33.9 Å². The van der Waals surface area contributed by atoms with Crippen LogP contribution >= 0.6 is 11.6 Å². The number of hydrogen-bond acceptors (Lipinski definition) is 4. The third kappa shape index (κ3) is 3.01. The monoisotopic (exact) mass is 297 g/mol. The van der Waals surface area contributed by atoms with Gasteiger partial charge in [-0.25, -0.2) is 0 Å². The van der Waals surface area contributed by atoms with Gasteiger partial charge in [-0.05, 0) is 24.8 Å². The van der Waals surface area contributed by atoms with Crippen molar-refractivity contribution in [1.29, 1.82) is 0 Å². The number of nitro benzene ring substituents is 1. The van der Waals surface area contributed by atoms with E-state index >= 15 is 0 Å². The minimum atomic E-state index is -0.644. The van der Waals surface area contributed by atoms with Crippen LogP contribution in [0.2, 0.25) is 5.02 Å². The molecule has 1 saturated carbocycles. The van der Waals surface area contributed by atoms with Gasteiger partial charge in [0.25, 0.3) is 11.6 Å². The van der Waals surface area contributed by atoms with Crippen LogP contribution in [0.1, 0.15) is 36.5 Å². The molecule has 0 heterocycles. The molecule has 1 aromatic carbocycles. The summed E-state index contributed by atoms with van der Waals surface area (Å²) in [5.74, 6) is 0.168. The van der Waals surface area contributed by atoms with Gasteiger partial charge >= 0.3 is 0 Å². The lowest BCUT2D eigenvalue weighted by atomic mass is 10.1. The van der Waals surface area contributed by atoms with Gasteiger partial charge in [0.05, 0.1) is 9.95 Å². The molecule has 0 bridgehead atoms. The highest BCUT2D eigenvalue weighted by atomic mass is 35.5. The molecular weight excluding hydrogens is 282 g/mol. The van der Waals surface area contributed by atoms with Crippen molar-refractivity contribution in [2.75, 3.05) is 5.73 Å². The summed E-state index contributed by atoms with van der Waals surface area (Å²) in [6.45, 7) is 2.10. The SMILES string of the molecule is CCCC1CC1NC(=O)c1cc(Cl)c(N)c([N+](=O)[O-])c1. The number of nitro groups is 1. The van der Waals surface area contributed by atoms with E-state index in [0.717, 1.165) is 25.3 Å². The summed E-state index contributed by atoms with van der Waals surface area (Å²) in [6.07, 6.45) is 3.12. The summed E-state index contributed by atoms with van der Waals surface area (Å²) in [5.41, 5.74) is 5.22. The van der Waals surface area contributed by atoms with E-state index in [1.165, 1.54) is 6.07 Å². The van der Waals surface area contributed by atoms with E-state index < -0.39 is 4.92 Å². The second-order valence-corrected chi connectivity index (χ2v) is 5.42. The Balaban J connectivity index is 2.13. The van der Waals surface area contributed by atoms with Crippen LogP contribution < -0.4 is 11.1 Å². The molecule has 3 N–H and O–H groups in total. The van der Waals surface area contributed by atoms with Crippen LogP contribution in [-0.2, 0) is 0 Å². The Morgan fingerprint density at radius 1 is 1.60 bits per heavy atom. The molecule has 2 atom stereocenters. The smallest absolute Gasteiger partial charge is 0.294 e. The Bertz CT molecular complexity index is 562. The van der Waals surface area contributed by atoms with Gasteiger partial charge in [0.2, 0.25) is 0 Å². The van der Waals surface area contributed by atoms with E-state index in [1.54, 1.807) is 0 Å². The molecule has 1 amide bonds. The zero-order chi connectivity index (χ0) is 14.9. The van der Waals surface area contributed by atoms with E-state index in [1.807, 2.05) is 0 Å². The minimum absolute atomic E-state index is 0.0188. The number of carbonyl (C=O) groups excluding carboxylic acids is 1. The van der Waals surface area contributed by atoms with E-state index in [4.69, 9.17) is 17.3 Å². The Hall–Kier alpha value is -1.82. The van der Waals surface area contributed by atoms with Gasteiger partial charge < -0.3 is 11.1 Å². The lowest BCUT2D eigenvalue weighted by Gasteiger charge is -2.07. The molecule has 108 valence electrons. The molecule has 0 radical (unpaired) electrons. The number of hydrogen-bond donors (Lipinski definition) is 2. The standard InChI is InChI=1S/C13H16ClN3O3/c1-2-3-7-5-10(7)16-13(18)8-4-9(14)12(15)11(6-8)17(19)20/h4,6-7,10H,2-3,5,15H2,1H3,(H,16,18). The number of rotatable bonds is 5. The fraction of sp³-hybridized carbons (Fsp3) is 0.462. The Kier molecular flexibility index (Phi) is 4.13. The molecule has 6 nitrogen and oxygen atoms in total. The normalized spacial score (nSPS) is 20.5. The van der Waals surface area contributed by atoms with Crippen LogP contribution in [-0.4, -0.2) is 16.9 Å². The van der Waals surface area contributed by atoms with Crippen molar-refractivity contribution in [2.45, 2.75) is 32.2 Å². The number of halogens is 1. The lowest BCUT2D eigenvalue weighted by Crippen LogP contribution is -2.27. The molecular formula is C13H16ClN3O3. The fourth-order valence-electron chi connectivity index (χ4n) is 2.25. The third-order valence-corrected chi connectivity index (χ3v) is 3.78. The van der Waals surface area contributed by atoms with E-state index in [2.05, 4.69) is 12.2 Å².